The van der Waals surface area contributed by atoms with Crippen molar-refractivity contribution in [1.82, 2.24) is 10.2 Å². The smallest absolute Gasteiger partial charge is 0.303 e. The van der Waals surface area contributed by atoms with E-state index in [0.717, 1.165) is 15.9 Å². The van der Waals surface area contributed by atoms with Gasteiger partial charge in [-0.1, -0.05) is 12.8 Å². The summed E-state index contributed by atoms with van der Waals surface area (Å²) in [6, 6.07) is 0. The van der Waals surface area contributed by atoms with Crippen molar-refractivity contribution in [2.75, 3.05) is 0 Å². The Hall–Kier alpha value is -0.840. The van der Waals surface area contributed by atoms with Crippen LogP contribution in [-0.2, 0) is 11.2 Å². The molecule has 1 aromatic heterocycles. The van der Waals surface area contributed by atoms with Crippen molar-refractivity contribution in [3.05, 3.63) is 15.9 Å². The maximum absolute atomic E-state index is 10.5. The van der Waals surface area contributed by atoms with Crippen LogP contribution in [-0.4, -0.2) is 21.3 Å². The number of hydrogen-bond acceptors (Lipinski definition) is 2. The molecule has 2 N–H and O–H groups in total. The minimum absolute atomic E-state index is 0.144. The van der Waals surface area contributed by atoms with Gasteiger partial charge >= 0.3 is 5.97 Å². The van der Waals surface area contributed by atoms with Crippen molar-refractivity contribution < 1.29 is 9.90 Å². The Labute approximate surface area is 103 Å². The summed E-state index contributed by atoms with van der Waals surface area (Å²) in [6.07, 6.45) is 5.59. The molecule has 88 valence electrons. The van der Waals surface area contributed by atoms with Crippen LogP contribution < -0.4 is 0 Å². The second-order valence-corrected chi connectivity index (χ2v) is 5.07. The summed E-state index contributed by atoms with van der Waals surface area (Å²) in [4.78, 5) is 10.5. The van der Waals surface area contributed by atoms with Gasteiger partial charge in [0.15, 0.2) is 0 Å². The van der Waals surface area contributed by atoms with E-state index in [1.54, 1.807) is 0 Å². The molecule has 1 aromatic rings. The minimum atomic E-state index is -0.774. The third-order valence-corrected chi connectivity index (χ3v) is 4.02. The van der Waals surface area contributed by atoms with Crippen LogP contribution in [0.5, 0.6) is 0 Å². The van der Waals surface area contributed by atoms with Crippen LogP contribution in [0.15, 0.2) is 4.47 Å². The highest BCUT2D eigenvalue weighted by atomic mass is 79.9. The predicted octanol–water partition coefficient (Wildman–Crippen LogP) is 2.85. The van der Waals surface area contributed by atoms with E-state index in [-0.39, 0.29) is 6.42 Å². The molecule has 2 rings (SSSR count). The molecule has 1 aliphatic carbocycles. The Balaban J connectivity index is 2.07. The quantitative estimate of drug-likeness (QED) is 0.894. The molecular weight excluding hydrogens is 272 g/mol. The molecule has 0 bridgehead atoms. The van der Waals surface area contributed by atoms with Crippen LogP contribution >= 0.6 is 15.9 Å². The standard InChI is InChI=1S/C11H15BrN2O2/c12-10-8(5-6-9(15)16)13-14-11(10)7-3-1-2-4-7/h7H,1-6H2,(H,13,14)(H,15,16). The topological polar surface area (TPSA) is 66.0 Å². The summed E-state index contributed by atoms with van der Waals surface area (Å²) in [5.41, 5.74) is 1.99. The monoisotopic (exact) mass is 286 g/mol. The van der Waals surface area contributed by atoms with Gasteiger partial charge in [0.2, 0.25) is 0 Å². The first-order chi connectivity index (χ1) is 7.68. The van der Waals surface area contributed by atoms with E-state index in [9.17, 15) is 4.79 Å². The number of aliphatic carboxylic acids is 1. The number of rotatable bonds is 4. The number of aromatic nitrogens is 2. The molecule has 0 unspecified atom stereocenters. The molecule has 1 fully saturated rings. The van der Waals surface area contributed by atoms with Crippen LogP contribution in [0.4, 0.5) is 0 Å². The van der Waals surface area contributed by atoms with Crippen molar-refractivity contribution in [2.45, 2.75) is 44.4 Å². The first-order valence-corrected chi connectivity index (χ1v) is 6.42. The zero-order valence-electron chi connectivity index (χ0n) is 9.00. The number of aromatic amines is 1. The van der Waals surface area contributed by atoms with Crippen LogP contribution in [0.25, 0.3) is 0 Å². The van der Waals surface area contributed by atoms with Gasteiger partial charge in [0, 0.05) is 12.3 Å². The molecule has 16 heavy (non-hydrogen) atoms. The Morgan fingerprint density at radius 2 is 2.19 bits per heavy atom. The molecule has 0 amide bonds. The first-order valence-electron chi connectivity index (χ1n) is 5.63. The van der Waals surface area contributed by atoms with Gasteiger partial charge in [0.25, 0.3) is 0 Å². The summed E-state index contributed by atoms with van der Waals surface area (Å²) in [6.45, 7) is 0. The van der Waals surface area contributed by atoms with E-state index in [1.165, 1.54) is 25.7 Å². The van der Waals surface area contributed by atoms with E-state index in [0.29, 0.717) is 12.3 Å². The summed E-state index contributed by atoms with van der Waals surface area (Å²) in [5, 5.41) is 15.9. The van der Waals surface area contributed by atoms with Crippen molar-refractivity contribution in [3.8, 4) is 0 Å². The molecule has 1 heterocycles. The Kier molecular flexibility index (Phi) is 3.63. The molecular formula is C11H15BrN2O2. The minimum Gasteiger partial charge on any atom is -0.481 e. The van der Waals surface area contributed by atoms with Gasteiger partial charge in [0.05, 0.1) is 22.3 Å². The van der Waals surface area contributed by atoms with Gasteiger partial charge < -0.3 is 5.11 Å². The van der Waals surface area contributed by atoms with Gasteiger partial charge in [-0.15, -0.1) is 0 Å². The molecule has 1 aliphatic rings. The maximum Gasteiger partial charge on any atom is 0.303 e. The molecule has 4 nitrogen and oxygen atoms in total. The molecule has 0 aliphatic heterocycles. The number of aryl methyl sites for hydroxylation is 1. The van der Waals surface area contributed by atoms with Crippen LogP contribution in [0, 0.1) is 0 Å². The molecule has 0 spiro atoms. The zero-order valence-corrected chi connectivity index (χ0v) is 10.6. The Morgan fingerprint density at radius 3 is 2.81 bits per heavy atom. The number of carboxylic acid groups (broad SMARTS) is 1. The summed E-state index contributed by atoms with van der Waals surface area (Å²) in [7, 11) is 0. The third kappa shape index (κ3) is 2.45. The average molecular weight is 287 g/mol. The largest absolute Gasteiger partial charge is 0.481 e. The van der Waals surface area contributed by atoms with Gasteiger partial charge in [-0.05, 0) is 28.8 Å². The molecule has 0 aromatic carbocycles. The lowest BCUT2D eigenvalue weighted by atomic mass is 10.0. The van der Waals surface area contributed by atoms with Gasteiger partial charge in [0.1, 0.15) is 0 Å². The summed E-state index contributed by atoms with van der Waals surface area (Å²) >= 11 is 3.52. The highest BCUT2D eigenvalue weighted by molar-refractivity contribution is 9.10. The lowest BCUT2D eigenvalue weighted by Gasteiger charge is -2.05. The fourth-order valence-electron chi connectivity index (χ4n) is 2.25. The van der Waals surface area contributed by atoms with Gasteiger partial charge in [-0.3, -0.25) is 9.89 Å². The zero-order chi connectivity index (χ0) is 11.5. The maximum atomic E-state index is 10.5. The van der Waals surface area contributed by atoms with Crippen molar-refractivity contribution in [3.63, 3.8) is 0 Å². The molecule has 0 radical (unpaired) electrons. The summed E-state index contributed by atoms with van der Waals surface area (Å²) < 4.78 is 0.987. The molecule has 0 atom stereocenters. The summed E-state index contributed by atoms with van der Waals surface area (Å²) in [5.74, 6) is -0.229. The van der Waals surface area contributed by atoms with Crippen LogP contribution in [0.2, 0.25) is 0 Å². The van der Waals surface area contributed by atoms with Crippen LogP contribution in [0.1, 0.15) is 49.4 Å². The highest BCUT2D eigenvalue weighted by Crippen LogP contribution is 2.37. The van der Waals surface area contributed by atoms with E-state index in [4.69, 9.17) is 5.11 Å². The lowest BCUT2D eigenvalue weighted by molar-refractivity contribution is -0.136. The number of carbonyl (C=O) groups is 1. The normalized spacial score (nSPS) is 16.8. The van der Waals surface area contributed by atoms with Crippen molar-refractivity contribution >= 4 is 21.9 Å². The fourth-order valence-corrected chi connectivity index (χ4v) is 2.95. The Bertz CT molecular complexity index is 383. The number of carboxylic acids is 1. The van der Waals surface area contributed by atoms with E-state index in [2.05, 4.69) is 26.1 Å². The number of halogens is 1. The van der Waals surface area contributed by atoms with E-state index < -0.39 is 5.97 Å². The molecule has 1 saturated carbocycles. The number of nitrogens with zero attached hydrogens (tertiary/aromatic N) is 1. The molecule has 0 saturated heterocycles. The second kappa shape index (κ2) is 4.99. The first kappa shape index (κ1) is 11.6. The SMILES string of the molecule is O=C(O)CCc1[nH]nc(C2CCCC2)c1Br. The average Bonchev–Trinajstić information content (AvgIpc) is 2.84. The van der Waals surface area contributed by atoms with Gasteiger partial charge in [-0.2, -0.15) is 5.10 Å². The van der Waals surface area contributed by atoms with E-state index >= 15 is 0 Å². The van der Waals surface area contributed by atoms with Crippen LogP contribution in [0.3, 0.4) is 0 Å². The van der Waals surface area contributed by atoms with Crippen molar-refractivity contribution in [1.29, 1.82) is 0 Å². The highest BCUT2D eigenvalue weighted by Gasteiger charge is 2.23. The lowest BCUT2D eigenvalue weighted by Crippen LogP contribution is -1.98. The fraction of sp³-hybridized carbons (Fsp3) is 0.636. The van der Waals surface area contributed by atoms with E-state index in [1.807, 2.05) is 0 Å². The van der Waals surface area contributed by atoms with Gasteiger partial charge in [-0.25, -0.2) is 0 Å². The third-order valence-electron chi connectivity index (χ3n) is 3.13. The second-order valence-electron chi connectivity index (χ2n) is 4.28. The van der Waals surface area contributed by atoms with Crippen molar-refractivity contribution in [2.24, 2.45) is 0 Å². The number of nitrogens with one attached hydrogen (secondary N) is 1. The number of H-pyrrole nitrogens is 1. The Morgan fingerprint density at radius 1 is 1.50 bits per heavy atom. The molecule has 5 heteroatoms. The predicted molar refractivity (Wildman–Crippen MR) is 63.5 cm³/mol. The number of hydrogen-bond donors (Lipinski definition) is 2.